The van der Waals surface area contributed by atoms with E-state index in [0.717, 1.165) is 29.8 Å². The number of aromatic carboxylic acids is 1. The van der Waals surface area contributed by atoms with Gasteiger partial charge in [0.15, 0.2) is 0 Å². The average molecular weight is 558 g/mol. The number of ether oxygens (including phenoxy) is 1. The Labute approximate surface area is 218 Å². The van der Waals surface area contributed by atoms with E-state index in [1.165, 1.54) is 38.1 Å². The maximum atomic E-state index is 13.2. The SMILES string of the molecule is COc1cc(CC(=O)NC(C)c2c(-c3ccsc3)cccc2N2CCCCC2)c(Br)cc1C(=O)O. The third kappa shape index (κ3) is 5.70. The van der Waals surface area contributed by atoms with Gasteiger partial charge in [-0.3, -0.25) is 4.79 Å². The lowest BCUT2D eigenvalue weighted by molar-refractivity contribution is -0.121. The summed E-state index contributed by atoms with van der Waals surface area (Å²) in [5, 5.41) is 16.8. The minimum absolute atomic E-state index is 0.0489. The minimum atomic E-state index is -1.08. The monoisotopic (exact) mass is 556 g/mol. The third-order valence-electron chi connectivity index (χ3n) is 6.37. The first-order valence-corrected chi connectivity index (χ1v) is 13.4. The Morgan fingerprint density at radius 1 is 1.20 bits per heavy atom. The number of nitrogens with one attached hydrogen (secondary N) is 1. The number of hydrogen-bond donors (Lipinski definition) is 2. The first kappa shape index (κ1) is 25.3. The summed E-state index contributed by atoms with van der Waals surface area (Å²) in [7, 11) is 1.42. The van der Waals surface area contributed by atoms with Crippen LogP contribution in [0, 0.1) is 0 Å². The molecule has 2 heterocycles. The minimum Gasteiger partial charge on any atom is -0.496 e. The number of halogens is 1. The number of thiophene rings is 1. The van der Waals surface area contributed by atoms with E-state index < -0.39 is 5.97 Å². The van der Waals surface area contributed by atoms with Crippen LogP contribution in [0.25, 0.3) is 11.1 Å². The number of piperidine rings is 1. The van der Waals surface area contributed by atoms with Crippen molar-refractivity contribution in [3.05, 3.63) is 68.3 Å². The second-order valence-electron chi connectivity index (χ2n) is 8.71. The fraction of sp³-hybridized carbons (Fsp3) is 0.333. The summed E-state index contributed by atoms with van der Waals surface area (Å²) in [6.45, 7) is 4.06. The summed E-state index contributed by atoms with van der Waals surface area (Å²) in [6, 6.07) is 11.4. The summed E-state index contributed by atoms with van der Waals surface area (Å²) in [4.78, 5) is 27.1. The maximum absolute atomic E-state index is 13.2. The molecule has 8 heteroatoms. The number of carboxylic acids is 1. The molecule has 2 aromatic carbocycles. The standard InChI is InChI=1S/C27H29BrN2O4S/c1-17(29-25(31)14-19-13-24(34-2)21(27(32)33)15-22(19)28)26-20(18-9-12-35-16-18)7-6-8-23(26)30-10-4-3-5-11-30/h6-9,12-13,15-17H,3-5,10-11,14H2,1-2H3,(H,29,31)(H,32,33). The number of methoxy groups -OCH3 is 1. The van der Waals surface area contributed by atoms with Gasteiger partial charge in [-0.25, -0.2) is 4.79 Å². The van der Waals surface area contributed by atoms with Crippen molar-refractivity contribution in [3.8, 4) is 16.9 Å². The maximum Gasteiger partial charge on any atom is 0.339 e. The van der Waals surface area contributed by atoms with Crippen LogP contribution in [0.4, 0.5) is 5.69 Å². The number of anilines is 1. The van der Waals surface area contributed by atoms with Crippen LogP contribution in [0.2, 0.25) is 0 Å². The van der Waals surface area contributed by atoms with E-state index >= 15 is 0 Å². The lowest BCUT2D eigenvalue weighted by Crippen LogP contribution is -2.33. The van der Waals surface area contributed by atoms with Crippen molar-refractivity contribution in [2.75, 3.05) is 25.1 Å². The molecule has 35 heavy (non-hydrogen) atoms. The van der Waals surface area contributed by atoms with Crippen LogP contribution in [0.1, 0.15) is 53.7 Å². The molecule has 1 aromatic heterocycles. The highest BCUT2D eigenvalue weighted by Gasteiger charge is 2.24. The van der Waals surface area contributed by atoms with E-state index in [1.807, 2.05) is 6.92 Å². The normalized spacial score (nSPS) is 14.4. The fourth-order valence-electron chi connectivity index (χ4n) is 4.69. The smallest absolute Gasteiger partial charge is 0.339 e. The number of rotatable bonds is 8. The van der Waals surface area contributed by atoms with Crippen LogP contribution in [0.5, 0.6) is 5.75 Å². The molecule has 1 aliphatic rings. The van der Waals surface area contributed by atoms with E-state index in [9.17, 15) is 14.7 Å². The Bertz CT molecular complexity index is 1210. The Balaban J connectivity index is 1.61. The molecule has 0 saturated carbocycles. The topological polar surface area (TPSA) is 78.9 Å². The Hall–Kier alpha value is -2.84. The zero-order chi connectivity index (χ0) is 24.9. The van der Waals surface area contributed by atoms with Gasteiger partial charge in [0.1, 0.15) is 11.3 Å². The molecule has 0 bridgehead atoms. The van der Waals surface area contributed by atoms with Crippen LogP contribution < -0.4 is 15.0 Å². The quantitative estimate of drug-likeness (QED) is 0.340. The second-order valence-corrected chi connectivity index (χ2v) is 10.3. The van der Waals surface area contributed by atoms with Crippen molar-refractivity contribution >= 4 is 44.8 Å². The van der Waals surface area contributed by atoms with Gasteiger partial charge in [0.2, 0.25) is 5.91 Å². The zero-order valence-corrected chi connectivity index (χ0v) is 22.2. The number of amides is 1. The van der Waals surface area contributed by atoms with Gasteiger partial charge in [-0.1, -0.05) is 28.1 Å². The molecule has 0 aliphatic carbocycles. The first-order chi connectivity index (χ1) is 16.9. The van der Waals surface area contributed by atoms with Crippen LogP contribution in [-0.4, -0.2) is 37.2 Å². The molecular formula is C27H29BrN2O4S. The van der Waals surface area contributed by atoms with Crippen molar-refractivity contribution in [1.29, 1.82) is 0 Å². The summed E-state index contributed by atoms with van der Waals surface area (Å²) in [6.07, 6.45) is 3.69. The van der Waals surface area contributed by atoms with Gasteiger partial charge in [-0.2, -0.15) is 11.3 Å². The van der Waals surface area contributed by atoms with Crippen LogP contribution in [0.3, 0.4) is 0 Å². The molecule has 1 aliphatic heterocycles. The van der Waals surface area contributed by atoms with Crippen LogP contribution >= 0.6 is 27.3 Å². The Morgan fingerprint density at radius 3 is 2.63 bits per heavy atom. The van der Waals surface area contributed by atoms with E-state index in [-0.39, 0.29) is 29.7 Å². The van der Waals surface area contributed by atoms with Gasteiger partial charge in [0.25, 0.3) is 0 Å². The van der Waals surface area contributed by atoms with E-state index in [2.05, 4.69) is 61.2 Å². The molecule has 1 atom stereocenters. The average Bonchev–Trinajstić information content (AvgIpc) is 3.40. The molecule has 1 fully saturated rings. The van der Waals surface area contributed by atoms with Crippen molar-refractivity contribution < 1.29 is 19.4 Å². The summed E-state index contributed by atoms with van der Waals surface area (Å²) < 4.78 is 5.80. The molecule has 1 saturated heterocycles. The summed E-state index contributed by atoms with van der Waals surface area (Å²) in [5.41, 5.74) is 5.30. The van der Waals surface area contributed by atoms with Crippen molar-refractivity contribution in [1.82, 2.24) is 5.32 Å². The van der Waals surface area contributed by atoms with Crippen molar-refractivity contribution in [3.63, 3.8) is 0 Å². The van der Waals surface area contributed by atoms with Crippen molar-refractivity contribution in [2.24, 2.45) is 0 Å². The zero-order valence-electron chi connectivity index (χ0n) is 19.8. The summed E-state index contributed by atoms with van der Waals surface area (Å²) in [5.74, 6) is -0.998. The molecular weight excluding hydrogens is 528 g/mol. The van der Waals surface area contributed by atoms with Crippen LogP contribution in [0.15, 0.2) is 51.6 Å². The number of hydrogen-bond acceptors (Lipinski definition) is 5. The van der Waals surface area contributed by atoms with E-state index in [1.54, 1.807) is 17.4 Å². The molecule has 184 valence electrons. The molecule has 0 spiro atoms. The van der Waals surface area contributed by atoms with Gasteiger partial charge in [0, 0.05) is 28.8 Å². The Morgan fingerprint density at radius 2 is 1.97 bits per heavy atom. The molecule has 0 radical (unpaired) electrons. The van der Waals surface area contributed by atoms with Crippen LogP contribution in [-0.2, 0) is 11.2 Å². The largest absolute Gasteiger partial charge is 0.496 e. The number of carboxylic acid groups (broad SMARTS) is 1. The van der Waals surface area contributed by atoms with Gasteiger partial charge in [-0.05, 0) is 77.9 Å². The number of benzene rings is 2. The molecule has 4 rings (SSSR count). The predicted octanol–water partition coefficient (Wildman–Crippen LogP) is 6.29. The van der Waals surface area contributed by atoms with E-state index in [4.69, 9.17) is 4.74 Å². The van der Waals surface area contributed by atoms with Gasteiger partial charge < -0.3 is 20.1 Å². The predicted molar refractivity (Wildman–Crippen MR) is 144 cm³/mol. The molecule has 3 aromatic rings. The highest BCUT2D eigenvalue weighted by atomic mass is 79.9. The molecule has 1 unspecified atom stereocenters. The van der Waals surface area contributed by atoms with E-state index in [0.29, 0.717) is 10.0 Å². The lowest BCUT2D eigenvalue weighted by Gasteiger charge is -2.33. The summed E-state index contributed by atoms with van der Waals surface area (Å²) >= 11 is 5.08. The van der Waals surface area contributed by atoms with Crippen molar-refractivity contribution in [2.45, 2.75) is 38.6 Å². The lowest BCUT2D eigenvalue weighted by atomic mass is 9.93. The second kappa shape index (κ2) is 11.3. The first-order valence-electron chi connectivity index (χ1n) is 11.7. The highest BCUT2D eigenvalue weighted by molar-refractivity contribution is 9.10. The number of carbonyl (C=O) groups excluding carboxylic acids is 1. The fourth-order valence-corrected chi connectivity index (χ4v) is 5.83. The molecule has 2 N–H and O–H groups in total. The highest BCUT2D eigenvalue weighted by Crippen LogP contribution is 2.38. The molecule has 6 nitrogen and oxygen atoms in total. The number of nitrogens with zero attached hydrogens (tertiary/aromatic N) is 1. The molecule has 1 amide bonds. The number of carbonyl (C=O) groups is 2. The van der Waals surface area contributed by atoms with Gasteiger partial charge in [0.05, 0.1) is 19.6 Å². The van der Waals surface area contributed by atoms with Gasteiger partial charge >= 0.3 is 5.97 Å². The third-order valence-corrected chi connectivity index (χ3v) is 7.79. The van der Waals surface area contributed by atoms with Gasteiger partial charge in [-0.15, -0.1) is 0 Å². The Kier molecular flexibility index (Phi) is 8.13.